The third-order valence-electron chi connectivity index (χ3n) is 4.02. The van der Waals surface area contributed by atoms with Crippen molar-refractivity contribution in [1.29, 1.82) is 0 Å². The highest BCUT2D eigenvalue weighted by Gasteiger charge is 2.32. The molecule has 0 spiro atoms. The first kappa shape index (κ1) is 19.3. The predicted molar refractivity (Wildman–Crippen MR) is 88.7 cm³/mol. The molecular weight excluding hydrogens is 320 g/mol. The Morgan fingerprint density at radius 1 is 1.39 bits per heavy atom. The highest BCUT2D eigenvalue weighted by Crippen LogP contribution is 2.28. The number of amides is 2. The van der Waals surface area contributed by atoms with Crippen molar-refractivity contribution >= 4 is 24.2 Å². The first-order valence-electron chi connectivity index (χ1n) is 7.30. The molecular formula is C15H23ClN4O3. The van der Waals surface area contributed by atoms with E-state index < -0.39 is 5.91 Å². The van der Waals surface area contributed by atoms with Crippen LogP contribution in [0.3, 0.4) is 0 Å². The number of methoxy groups -OCH3 is 1. The van der Waals surface area contributed by atoms with E-state index in [9.17, 15) is 9.59 Å². The van der Waals surface area contributed by atoms with Crippen molar-refractivity contribution in [1.82, 2.24) is 15.6 Å². The number of nitrogens with zero attached hydrogens (tertiary/aromatic N) is 1. The SMILES string of the molecule is COCC1(CNC(=O)c2ccc(C(N)=O)cn2)CCNCC1.Cl. The lowest BCUT2D eigenvalue weighted by Gasteiger charge is -2.37. The van der Waals surface area contributed by atoms with Gasteiger partial charge in [0.1, 0.15) is 5.69 Å². The van der Waals surface area contributed by atoms with Crippen LogP contribution in [0.15, 0.2) is 18.3 Å². The smallest absolute Gasteiger partial charge is 0.269 e. The van der Waals surface area contributed by atoms with Gasteiger partial charge < -0.3 is 21.1 Å². The highest BCUT2D eigenvalue weighted by atomic mass is 35.5. The maximum atomic E-state index is 12.2. The lowest BCUT2D eigenvalue weighted by atomic mass is 9.79. The van der Waals surface area contributed by atoms with Crippen LogP contribution in [0.1, 0.15) is 33.7 Å². The van der Waals surface area contributed by atoms with Gasteiger partial charge in [0.2, 0.25) is 5.91 Å². The molecule has 8 heteroatoms. The molecule has 2 rings (SSSR count). The molecule has 1 fully saturated rings. The van der Waals surface area contributed by atoms with Crippen LogP contribution in [-0.4, -0.2) is 50.1 Å². The van der Waals surface area contributed by atoms with Crippen molar-refractivity contribution in [2.75, 3.05) is 33.4 Å². The molecule has 4 N–H and O–H groups in total. The number of carbonyl (C=O) groups excluding carboxylic acids is 2. The summed E-state index contributed by atoms with van der Waals surface area (Å²) < 4.78 is 5.32. The zero-order valence-corrected chi connectivity index (χ0v) is 13.9. The number of nitrogens with two attached hydrogens (primary N) is 1. The topological polar surface area (TPSA) is 106 Å². The maximum Gasteiger partial charge on any atom is 0.269 e. The van der Waals surface area contributed by atoms with Crippen molar-refractivity contribution in [3.63, 3.8) is 0 Å². The zero-order valence-electron chi connectivity index (χ0n) is 13.1. The fraction of sp³-hybridized carbons (Fsp3) is 0.533. The Labute approximate surface area is 141 Å². The van der Waals surface area contributed by atoms with Crippen molar-refractivity contribution in [3.05, 3.63) is 29.6 Å². The number of piperidine rings is 1. The van der Waals surface area contributed by atoms with Gasteiger partial charge in [-0.05, 0) is 38.1 Å². The summed E-state index contributed by atoms with van der Waals surface area (Å²) in [5.41, 5.74) is 5.66. The van der Waals surface area contributed by atoms with E-state index in [1.54, 1.807) is 7.11 Å². The molecule has 2 amide bonds. The van der Waals surface area contributed by atoms with Gasteiger partial charge in [-0.3, -0.25) is 14.6 Å². The molecule has 1 aliphatic rings. The molecule has 128 valence electrons. The molecule has 0 aliphatic carbocycles. The Bertz CT molecular complexity index is 525. The molecule has 0 aromatic carbocycles. The minimum Gasteiger partial charge on any atom is -0.384 e. The minimum atomic E-state index is -0.562. The average Bonchev–Trinajstić information content (AvgIpc) is 2.54. The molecule has 1 aromatic rings. The summed E-state index contributed by atoms with van der Waals surface area (Å²) in [5.74, 6) is -0.821. The van der Waals surface area contributed by atoms with Gasteiger partial charge in [0.15, 0.2) is 0 Å². The van der Waals surface area contributed by atoms with E-state index in [4.69, 9.17) is 10.5 Å². The summed E-state index contributed by atoms with van der Waals surface area (Å²) in [6, 6.07) is 3.00. The van der Waals surface area contributed by atoms with Crippen LogP contribution in [0.2, 0.25) is 0 Å². The fourth-order valence-corrected chi connectivity index (χ4v) is 2.67. The summed E-state index contributed by atoms with van der Waals surface area (Å²) in [6.07, 6.45) is 3.22. The van der Waals surface area contributed by atoms with E-state index >= 15 is 0 Å². The van der Waals surface area contributed by atoms with Crippen LogP contribution in [0.4, 0.5) is 0 Å². The summed E-state index contributed by atoms with van der Waals surface area (Å²) in [7, 11) is 1.68. The van der Waals surface area contributed by atoms with E-state index in [0.717, 1.165) is 25.9 Å². The van der Waals surface area contributed by atoms with E-state index in [1.807, 2.05) is 0 Å². The van der Waals surface area contributed by atoms with Gasteiger partial charge in [0.05, 0.1) is 12.2 Å². The second kappa shape index (κ2) is 8.81. The summed E-state index contributed by atoms with van der Waals surface area (Å²) in [5, 5.41) is 6.23. The van der Waals surface area contributed by atoms with Gasteiger partial charge >= 0.3 is 0 Å². The van der Waals surface area contributed by atoms with Crippen LogP contribution in [-0.2, 0) is 4.74 Å². The third kappa shape index (κ3) is 5.16. The van der Waals surface area contributed by atoms with Crippen molar-refractivity contribution < 1.29 is 14.3 Å². The number of hydrogen-bond donors (Lipinski definition) is 3. The van der Waals surface area contributed by atoms with Crippen LogP contribution in [0.25, 0.3) is 0 Å². The Hall–Kier alpha value is -1.70. The monoisotopic (exact) mass is 342 g/mol. The van der Waals surface area contributed by atoms with Crippen LogP contribution >= 0.6 is 12.4 Å². The minimum absolute atomic E-state index is 0. The molecule has 0 radical (unpaired) electrons. The van der Waals surface area contributed by atoms with Gasteiger partial charge in [0, 0.05) is 25.3 Å². The Morgan fingerprint density at radius 2 is 2.09 bits per heavy atom. The van der Waals surface area contributed by atoms with Gasteiger partial charge in [0.25, 0.3) is 5.91 Å². The van der Waals surface area contributed by atoms with Crippen LogP contribution < -0.4 is 16.4 Å². The van der Waals surface area contributed by atoms with Gasteiger partial charge in [-0.15, -0.1) is 12.4 Å². The first-order valence-corrected chi connectivity index (χ1v) is 7.30. The fourth-order valence-electron chi connectivity index (χ4n) is 2.67. The number of carbonyl (C=O) groups is 2. The second-order valence-electron chi connectivity index (χ2n) is 5.66. The van der Waals surface area contributed by atoms with E-state index in [0.29, 0.717) is 13.2 Å². The maximum absolute atomic E-state index is 12.2. The number of primary amides is 1. The third-order valence-corrected chi connectivity index (χ3v) is 4.02. The average molecular weight is 343 g/mol. The highest BCUT2D eigenvalue weighted by molar-refractivity contribution is 5.95. The van der Waals surface area contributed by atoms with E-state index in [2.05, 4.69) is 15.6 Å². The van der Waals surface area contributed by atoms with Crippen LogP contribution in [0, 0.1) is 5.41 Å². The molecule has 0 saturated carbocycles. The van der Waals surface area contributed by atoms with Gasteiger partial charge in [-0.25, -0.2) is 0 Å². The van der Waals surface area contributed by atoms with Crippen LogP contribution in [0.5, 0.6) is 0 Å². The lowest BCUT2D eigenvalue weighted by Crippen LogP contribution is -2.47. The number of nitrogens with one attached hydrogen (secondary N) is 2. The number of pyridine rings is 1. The van der Waals surface area contributed by atoms with Crippen molar-refractivity contribution in [2.24, 2.45) is 11.1 Å². The molecule has 1 aromatic heterocycles. The van der Waals surface area contributed by atoms with Gasteiger partial charge in [-0.2, -0.15) is 0 Å². The van der Waals surface area contributed by atoms with E-state index in [1.165, 1.54) is 18.3 Å². The zero-order chi connectivity index (χ0) is 16.0. The molecule has 2 heterocycles. The number of hydrogen-bond acceptors (Lipinski definition) is 5. The van der Waals surface area contributed by atoms with E-state index in [-0.39, 0.29) is 35.0 Å². The van der Waals surface area contributed by atoms with Gasteiger partial charge in [-0.1, -0.05) is 0 Å². The molecule has 7 nitrogen and oxygen atoms in total. The molecule has 0 atom stereocenters. The number of rotatable bonds is 6. The van der Waals surface area contributed by atoms with Crippen molar-refractivity contribution in [3.8, 4) is 0 Å². The predicted octanol–water partition coefficient (Wildman–Crippen LogP) is 0.348. The first-order chi connectivity index (χ1) is 10.6. The largest absolute Gasteiger partial charge is 0.384 e. The number of aromatic nitrogens is 1. The standard InChI is InChI=1S/C15H22N4O3.ClH/c1-22-10-15(4-6-17-7-5-15)9-19-14(21)12-3-2-11(8-18-12)13(16)20;/h2-3,8,17H,4-7,9-10H2,1H3,(H2,16,20)(H,19,21);1H. The lowest BCUT2D eigenvalue weighted by molar-refractivity contribution is 0.0510. The Morgan fingerprint density at radius 3 is 2.61 bits per heavy atom. The number of ether oxygens (including phenoxy) is 1. The van der Waals surface area contributed by atoms with Crippen molar-refractivity contribution in [2.45, 2.75) is 12.8 Å². The summed E-state index contributed by atoms with van der Waals surface area (Å²) in [4.78, 5) is 27.1. The molecule has 0 unspecified atom stereocenters. The quantitative estimate of drug-likeness (QED) is 0.691. The summed E-state index contributed by atoms with van der Waals surface area (Å²) in [6.45, 7) is 3.00. The second-order valence-corrected chi connectivity index (χ2v) is 5.66. The summed E-state index contributed by atoms with van der Waals surface area (Å²) >= 11 is 0. The molecule has 1 saturated heterocycles. The molecule has 23 heavy (non-hydrogen) atoms. The normalized spacial score (nSPS) is 16.2. The number of halogens is 1. The Balaban J connectivity index is 0.00000264. The molecule has 1 aliphatic heterocycles. The molecule has 0 bridgehead atoms. The Kier molecular flexibility index (Phi) is 7.41.